The van der Waals surface area contributed by atoms with Crippen LogP contribution in [0.1, 0.15) is 23.7 Å². The van der Waals surface area contributed by atoms with E-state index in [0.29, 0.717) is 22.9 Å². The topological polar surface area (TPSA) is 70.6 Å². The first kappa shape index (κ1) is 19.3. The predicted molar refractivity (Wildman–Crippen MR) is 104 cm³/mol. The van der Waals surface area contributed by atoms with Crippen LogP contribution in [0.5, 0.6) is 11.5 Å². The summed E-state index contributed by atoms with van der Waals surface area (Å²) in [5, 5.41) is 15.5. The monoisotopic (exact) mass is 398 g/mol. The van der Waals surface area contributed by atoms with E-state index in [1.807, 2.05) is 6.92 Å². The van der Waals surface area contributed by atoms with Crippen LogP contribution < -0.4 is 15.4 Å². The number of hydrogen-bond acceptors (Lipinski definition) is 4. The lowest BCUT2D eigenvalue weighted by molar-refractivity contribution is 0.0977. The fourth-order valence-electron chi connectivity index (χ4n) is 1.94. The molecule has 0 saturated carbocycles. The lowest BCUT2D eigenvalue weighted by Gasteiger charge is -2.12. The molecular weight excluding hydrogens is 383 g/mol. The molecule has 0 aliphatic rings. The molecule has 1 amide bonds. The summed E-state index contributed by atoms with van der Waals surface area (Å²) >= 11 is 16.8. The van der Waals surface area contributed by atoms with Gasteiger partial charge in [-0.3, -0.25) is 10.1 Å². The lowest BCUT2D eigenvalue weighted by Crippen LogP contribution is -2.34. The van der Waals surface area contributed by atoms with Crippen LogP contribution in [0.4, 0.5) is 5.69 Å². The van der Waals surface area contributed by atoms with Gasteiger partial charge in [-0.1, -0.05) is 36.2 Å². The van der Waals surface area contributed by atoms with Gasteiger partial charge in [0, 0.05) is 10.6 Å². The smallest absolute Gasteiger partial charge is 0.257 e. The van der Waals surface area contributed by atoms with Gasteiger partial charge in [-0.05, 0) is 49.0 Å². The molecule has 0 unspecified atom stereocenters. The number of aromatic hydroxyl groups is 1. The first-order valence-corrected chi connectivity index (χ1v) is 8.60. The van der Waals surface area contributed by atoms with Crippen LogP contribution in [0, 0.1) is 0 Å². The van der Waals surface area contributed by atoms with Crippen molar-refractivity contribution in [3.63, 3.8) is 0 Å². The zero-order valence-electron chi connectivity index (χ0n) is 13.3. The van der Waals surface area contributed by atoms with Crippen LogP contribution in [0.3, 0.4) is 0 Å². The highest BCUT2D eigenvalue weighted by molar-refractivity contribution is 7.80. The summed E-state index contributed by atoms with van der Waals surface area (Å²) < 4.78 is 5.50. The summed E-state index contributed by atoms with van der Waals surface area (Å²) in [4.78, 5) is 12.3. The van der Waals surface area contributed by atoms with E-state index in [0.717, 1.165) is 6.42 Å². The highest BCUT2D eigenvalue weighted by Crippen LogP contribution is 2.34. The Kier molecular flexibility index (Phi) is 6.87. The van der Waals surface area contributed by atoms with Crippen LogP contribution >= 0.6 is 35.4 Å². The third kappa shape index (κ3) is 5.49. The number of phenolic OH excluding ortho intramolecular Hbond substituents is 1. The molecule has 25 heavy (non-hydrogen) atoms. The molecule has 2 rings (SSSR count). The average molecular weight is 399 g/mol. The Balaban J connectivity index is 2.04. The van der Waals surface area contributed by atoms with Crippen molar-refractivity contribution < 1.29 is 14.6 Å². The summed E-state index contributed by atoms with van der Waals surface area (Å²) in [7, 11) is 0. The first-order valence-electron chi connectivity index (χ1n) is 7.44. The number of carbonyl (C=O) groups is 1. The second-order valence-corrected chi connectivity index (χ2v) is 6.32. The Bertz CT molecular complexity index is 799. The minimum Gasteiger partial charge on any atom is -0.504 e. The highest BCUT2D eigenvalue weighted by atomic mass is 35.5. The van der Waals surface area contributed by atoms with Crippen molar-refractivity contribution in [2.75, 3.05) is 11.9 Å². The molecule has 0 saturated heterocycles. The van der Waals surface area contributed by atoms with Crippen LogP contribution in [-0.2, 0) is 0 Å². The molecule has 0 aliphatic heterocycles. The average Bonchev–Trinajstić information content (AvgIpc) is 2.57. The molecule has 2 aromatic rings. The van der Waals surface area contributed by atoms with Gasteiger partial charge in [0.05, 0.1) is 17.3 Å². The van der Waals surface area contributed by atoms with E-state index >= 15 is 0 Å². The highest BCUT2D eigenvalue weighted by Gasteiger charge is 2.12. The van der Waals surface area contributed by atoms with Crippen molar-refractivity contribution in [2.24, 2.45) is 0 Å². The number of ether oxygens (including phenoxy) is 1. The molecule has 0 spiro atoms. The van der Waals surface area contributed by atoms with E-state index in [-0.39, 0.29) is 21.6 Å². The van der Waals surface area contributed by atoms with Crippen molar-refractivity contribution in [1.82, 2.24) is 5.32 Å². The number of carbonyl (C=O) groups excluding carboxylic acids is 1. The number of thiocarbonyl (C=S) groups is 1. The van der Waals surface area contributed by atoms with Gasteiger partial charge in [0.1, 0.15) is 5.75 Å². The van der Waals surface area contributed by atoms with Crippen molar-refractivity contribution in [3.05, 3.63) is 52.0 Å². The van der Waals surface area contributed by atoms with Crippen LogP contribution in [0.25, 0.3) is 0 Å². The third-order valence-electron chi connectivity index (χ3n) is 3.07. The largest absolute Gasteiger partial charge is 0.504 e. The zero-order valence-corrected chi connectivity index (χ0v) is 15.6. The van der Waals surface area contributed by atoms with Gasteiger partial charge in [-0.2, -0.15) is 0 Å². The Hall–Kier alpha value is -2.02. The maximum absolute atomic E-state index is 12.3. The molecule has 0 fully saturated rings. The lowest BCUT2D eigenvalue weighted by atomic mass is 10.2. The first-order chi connectivity index (χ1) is 11.9. The van der Waals surface area contributed by atoms with Crippen molar-refractivity contribution in [1.29, 1.82) is 0 Å². The van der Waals surface area contributed by atoms with E-state index in [9.17, 15) is 9.90 Å². The summed E-state index contributed by atoms with van der Waals surface area (Å²) in [6.45, 7) is 2.57. The molecular formula is C17H16Cl2N2O3S. The summed E-state index contributed by atoms with van der Waals surface area (Å²) in [6, 6.07) is 9.60. The second kappa shape index (κ2) is 8.89. The number of halogens is 2. The van der Waals surface area contributed by atoms with Crippen molar-refractivity contribution in [3.8, 4) is 11.5 Å². The number of nitrogens with one attached hydrogen (secondary N) is 2. The standard InChI is InChI=1S/C17H16Cl2N2O3S/c1-2-6-24-12-5-3-4-10(7-12)16(23)21-17(25)20-14-9-11(18)8-13(19)15(14)22/h3-5,7-9,22H,2,6H2,1H3,(H2,20,21,23,25). The van der Waals surface area contributed by atoms with Crippen LogP contribution in [-0.4, -0.2) is 22.7 Å². The van der Waals surface area contributed by atoms with E-state index in [1.165, 1.54) is 12.1 Å². The van der Waals surface area contributed by atoms with Gasteiger partial charge in [0.15, 0.2) is 10.9 Å². The van der Waals surface area contributed by atoms with E-state index in [4.69, 9.17) is 40.2 Å². The fraction of sp³-hybridized carbons (Fsp3) is 0.176. The van der Waals surface area contributed by atoms with Gasteiger partial charge < -0.3 is 15.2 Å². The number of rotatable bonds is 5. The molecule has 0 atom stereocenters. The fourth-order valence-corrected chi connectivity index (χ4v) is 2.63. The molecule has 8 heteroatoms. The normalized spacial score (nSPS) is 10.2. The second-order valence-electron chi connectivity index (χ2n) is 5.07. The van der Waals surface area contributed by atoms with Gasteiger partial charge in [-0.15, -0.1) is 0 Å². The number of phenols is 1. The van der Waals surface area contributed by atoms with Gasteiger partial charge in [0.2, 0.25) is 0 Å². The van der Waals surface area contributed by atoms with E-state index < -0.39 is 5.91 Å². The molecule has 0 aliphatic carbocycles. The Morgan fingerprint density at radius 3 is 2.76 bits per heavy atom. The molecule has 3 N–H and O–H groups in total. The third-order valence-corrected chi connectivity index (χ3v) is 3.78. The summed E-state index contributed by atoms with van der Waals surface area (Å²) in [6.07, 6.45) is 0.871. The maximum Gasteiger partial charge on any atom is 0.257 e. The summed E-state index contributed by atoms with van der Waals surface area (Å²) in [5.74, 6) is -0.0164. The predicted octanol–water partition coefficient (Wildman–Crippen LogP) is 4.61. The number of amides is 1. The summed E-state index contributed by atoms with van der Waals surface area (Å²) in [5.41, 5.74) is 0.592. The quantitative estimate of drug-likeness (QED) is 0.506. The minimum atomic E-state index is -0.410. The van der Waals surface area contributed by atoms with Crippen LogP contribution in [0.15, 0.2) is 36.4 Å². The van der Waals surface area contributed by atoms with Crippen molar-refractivity contribution >= 4 is 52.1 Å². The van der Waals surface area contributed by atoms with Gasteiger partial charge in [-0.25, -0.2) is 0 Å². The number of benzene rings is 2. The molecule has 132 valence electrons. The molecule has 2 aromatic carbocycles. The van der Waals surface area contributed by atoms with Crippen molar-refractivity contribution in [2.45, 2.75) is 13.3 Å². The Morgan fingerprint density at radius 1 is 1.28 bits per heavy atom. The van der Waals surface area contributed by atoms with Crippen LogP contribution in [0.2, 0.25) is 10.0 Å². The molecule has 5 nitrogen and oxygen atoms in total. The van der Waals surface area contributed by atoms with Gasteiger partial charge in [0.25, 0.3) is 5.91 Å². The zero-order chi connectivity index (χ0) is 18.4. The molecule has 0 radical (unpaired) electrons. The Labute approximate surface area is 160 Å². The number of hydrogen-bond donors (Lipinski definition) is 3. The van der Waals surface area contributed by atoms with E-state index in [1.54, 1.807) is 24.3 Å². The molecule has 0 aromatic heterocycles. The number of anilines is 1. The molecule has 0 heterocycles. The maximum atomic E-state index is 12.3. The Morgan fingerprint density at radius 2 is 2.04 bits per heavy atom. The molecule has 0 bridgehead atoms. The van der Waals surface area contributed by atoms with Gasteiger partial charge >= 0.3 is 0 Å². The SMILES string of the molecule is CCCOc1cccc(C(=O)NC(=S)Nc2cc(Cl)cc(Cl)c2O)c1. The minimum absolute atomic E-state index is 0.00138. The van der Waals surface area contributed by atoms with E-state index in [2.05, 4.69) is 10.6 Å².